The lowest BCUT2D eigenvalue weighted by Gasteiger charge is -2.37. The van der Waals surface area contributed by atoms with Gasteiger partial charge in [0.05, 0.1) is 19.6 Å². The smallest absolute Gasteiger partial charge is 0.313 e. The number of ether oxygens (including phenoxy) is 3. The maximum absolute atomic E-state index is 12.9. The van der Waals surface area contributed by atoms with E-state index in [1.165, 1.54) is 23.6 Å². The van der Waals surface area contributed by atoms with Gasteiger partial charge < -0.3 is 14.2 Å². The van der Waals surface area contributed by atoms with Crippen LogP contribution in [0, 0.1) is 26.2 Å². The first-order chi connectivity index (χ1) is 17.5. The van der Waals surface area contributed by atoms with Crippen molar-refractivity contribution < 1.29 is 23.8 Å². The number of methoxy groups -OCH3 is 1. The van der Waals surface area contributed by atoms with Crippen molar-refractivity contribution in [1.29, 1.82) is 0 Å². The van der Waals surface area contributed by atoms with Gasteiger partial charge in [-0.1, -0.05) is 31.2 Å². The Balaban J connectivity index is 1.41. The fourth-order valence-corrected chi connectivity index (χ4v) is 5.60. The second-order valence-electron chi connectivity index (χ2n) is 10.9. The van der Waals surface area contributed by atoms with Crippen molar-refractivity contribution in [2.24, 2.45) is 5.41 Å². The average molecular weight is 503 g/mol. The molecule has 2 atom stereocenters. The molecule has 37 heavy (non-hydrogen) atoms. The molecule has 0 amide bonds. The van der Waals surface area contributed by atoms with Crippen LogP contribution in [-0.2, 0) is 27.2 Å². The van der Waals surface area contributed by atoms with Crippen LogP contribution in [-0.4, -0.2) is 25.7 Å². The first-order valence-electron chi connectivity index (χ1n) is 13.1. The van der Waals surface area contributed by atoms with E-state index in [9.17, 15) is 9.59 Å². The Kier molecular flexibility index (Phi) is 7.63. The molecule has 0 unspecified atom stereocenters. The topological polar surface area (TPSA) is 61.8 Å². The van der Waals surface area contributed by atoms with Crippen molar-refractivity contribution >= 4 is 22.7 Å². The van der Waals surface area contributed by atoms with Gasteiger partial charge in [0.2, 0.25) is 0 Å². The van der Waals surface area contributed by atoms with Crippen LogP contribution >= 0.6 is 0 Å². The zero-order valence-electron chi connectivity index (χ0n) is 23.1. The Morgan fingerprint density at radius 3 is 2.38 bits per heavy atom. The summed E-state index contributed by atoms with van der Waals surface area (Å²) in [5.41, 5.74) is 6.95. The molecule has 1 aliphatic rings. The van der Waals surface area contributed by atoms with E-state index < -0.39 is 0 Å². The van der Waals surface area contributed by atoms with Crippen LogP contribution in [0.3, 0.4) is 0 Å². The summed E-state index contributed by atoms with van der Waals surface area (Å²) in [6.07, 6.45) is 3.67. The van der Waals surface area contributed by atoms with Crippen LogP contribution in [0.4, 0.5) is 0 Å². The lowest BCUT2D eigenvalue weighted by atomic mass is 9.68. The zero-order valence-corrected chi connectivity index (χ0v) is 23.1. The summed E-state index contributed by atoms with van der Waals surface area (Å²) in [6.45, 7) is 12.2. The van der Waals surface area contributed by atoms with Crippen LogP contribution in [0.1, 0.15) is 72.9 Å². The molecule has 3 aromatic carbocycles. The fraction of sp³-hybridized carbons (Fsp3) is 0.438. The summed E-state index contributed by atoms with van der Waals surface area (Å²) in [4.78, 5) is 24.5. The first-order valence-corrected chi connectivity index (χ1v) is 13.1. The number of benzene rings is 3. The van der Waals surface area contributed by atoms with Gasteiger partial charge in [-0.3, -0.25) is 9.59 Å². The van der Waals surface area contributed by atoms with Gasteiger partial charge in [0.1, 0.15) is 11.5 Å². The third-order valence-corrected chi connectivity index (χ3v) is 8.22. The molecule has 0 N–H and O–H groups in total. The number of rotatable bonds is 7. The number of hydrogen-bond acceptors (Lipinski definition) is 5. The number of esters is 2. The number of carbonyl (C=O) groups excluding carboxylic acids is 2. The summed E-state index contributed by atoms with van der Waals surface area (Å²) < 4.78 is 16.6. The largest absolute Gasteiger partial charge is 0.497 e. The maximum Gasteiger partial charge on any atom is 0.313 e. The van der Waals surface area contributed by atoms with Crippen molar-refractivity contribution in [2.75, 3.05) is 13.7 Å². The van der Waals surface area contributed by atoms with Crippen LogP contribution < -0.4 is 9.47 Å². The maximum atomic E-state index is 12.9. The molecule has 0 aliphatic heterocycles. The van der Waals surface area contributed by atoms with Crippen LogP contribution in [0.5, 0.6) is 11.5 Å². The van der Waals surface area contributed by atoms with E-state index in [4.69, 9.17) is 14.2 Å². The van der Waals surface area contributed by atoms with E-state index >= 15 is 0 Å². The molecule has 196 valence electrons. The molecule has 1 aliphatic carbocycles. The molecule has 0 saturated heterocycles. The van der Waals surface area contributed by atoms with Crippen molar-refractivity contribution in [3.05, 3.63) is 69.8 Å². The molecule has 5 heteroatoms. The monoisotopic (exact) mass is 502 g/mol. The minimum atomic E-state index is -0.335. The van der Waals surface area contributed by atoms with Gasteiger partial charge in [-0.2, -0.15) is 0 Å². The van der Waals surface area contributed by atoms with Gasteiger partial charge in [-0.05, 0) is 115 Å². The molecule has 5 nitrogen and oxygen atoms in total. The molecule has 3 aromatic rings. The van der Waals surface area contributed by atoms with Crippen molar-refractivity contribution in [2.45, 2.75) is 73.1 Å². The van der Waals surface area contributed by atoms with Gasteiger partial charge in [0.15, 0.2) is 0 Å². The van der Waals surface area contributed by atoms with Gasteiger partial charge in [0.25, 0.3) is 0 Å². The number of hydrogen-bond donors (Lipinski definition) is 0. The van der Waals surface area contributed by atoms with E-state index in [1.54, 1.807) is 7.11 Å². The summed E-state index contributed by atoms with van der Waals surface area (Å²) in [5.74, 6) is 0.714. The van der Waals surface area contributed by atoms with E-state index in [0.717, 1.165) is 58.9 Å². The summed E-state index contributed by atoms with van der Waals surface area (Å²) in [5, 5.41) is 2.15. The molecule has 0 aromatic heterocycles. The summed E-state index contributed by atoms with van der Waals surface area (Å²) in [7, 11) is 1.66. The van der Waals surface area contributed by atoms with Crippen LogP contribution in [0.2, 0.25) is 0 Å². The molecular formula is C32H38O5. The Labute approximate surface area is 220 Å². The van der Waals surface area contributed by atoms with E-state index in [-0.39, 0.29) is 23.3 Å². The Hall–Kier alpha value is -3.34. The lowest BCUT2D eigenvalue weighted by molar-refractivity contribution is -0.145. The molecule has 0 fully saturated rings. The predicted octanol–water partition coefficient (Wildman–Crippen LogP) is 6.93. The highest BCUT2D eigenvalue weighted by Gasteiger charge is 2.33. The highest BCUT2D eigenvalue weighted by atomic mass is 16.5. The fourth-order valence-electron chi connectivity index (χ4n) is 5.60. The van der Waals surface area contributed by atoms with Crippen molar-refractivity contribution in [1.82, 2.24) is 0 Å². The van der Waals surface area contributed by atoms with Crippen LogP contribution in [0.15, 0.2) is 36.4 Å². The number of carbonyl (C=O) groups is 2. The minimum Gasteiger partial charge on any atom is -0.497 e. The van der Waals surface area contributed by atoms with E-state index in [2.05, 4.69) is 26.8 Å². The predicted molar refractivity (Wildman–Crippen MR) is 147 cm³/mol. The third-order valence-electron chi connectivity index (χ3n) is 8.22. The molecular weight excluding hydrogens is 464 g/mol. The molecule has 0 heterocycles. The first kappa shape index (κ1) is 26.7. The van der Waals surface area contributed by atoms with Gasteiger partial charge >= 0.3 is 11.9 Å². The van der Waals surface area contributed by atoms with Gasteiger partial charge in [0, 0.05) is 6.92 Å². The second kappa shape index (κ2) is 10.6. The highest BCUT2D eigenvalue weighted by Crippen LogP contribution is 2.44. The molecule has 0 radical (unpaired) electrons. The van der Waals surface area contributed by atoms with Gasteiger partial charge in [-0.25, -0.2) is 0 Å². The average Bonchev–Trinajstić information content (AvgIpc) is 2.88. The lowest BCUT2D eigenvalue weighted by Crippen LogP contribution is -2.29. The number of fused-ring (bicyclic) bond motifs is 2. The molecule has 4 rings (SSSR count). The Bertz CT molecular complexity index is 1360. The normalized spacial score (nSPS) is 17.7. The molecule has 0 spiro atoms. The van der Waals surface area contributed by atoms with Gasteiger partial charge in [-0.15, -0.1) is 0 Å². The Morgan fingerprint density at radius 1 is 0.973 bits per heavy atom. The second-order valence-corrected chi connectivity index (χ2v) is 10.9. The Morgan fingerprint density at radius 2 is 1.68 bits per heavy atom. The zero-order chi connectivity index (χ0) is 26.9. The quantitative estimate of drug-likeness (QED) is 0.259. The standard InChI is InChI=1S/C32H38O5/c1-19-20(2)30(37-23(5)33)22(4)28-12-13-32(6,18-29(19)28)14-15-36-31(34)21(3)24-8-9-26-17-27(35-7)11-10-25(26)16-24/h8-11,16-17,21H,12-15,18H2,1-7H3/t21-,32+/m0/s1. The van der Waals surface area contributed by atoms with E-state index in [0.29, 0.717) is 12.4 Å². The van der Waals surface area contributed by atoms with Crippen molar-refractivity contribution in [3.8, 4) is 11.5 Å². The van der Waals surface area contributed by atoms with Crippen molar-refractivity contribution in [3.63, 3.8) is 0 Å². The minimum absolute atomic E-state index is 0.0467. The van der Waals surface area contributed by atoms with Crippen LogP contribution in [0.25, 0.3) is 10.8 Å². The third kappa shape index (κ3) is 5.51. The molecule has 0 saturated carbocycles. The SMILES string of the molecule is COc1ccc2cc([C@H](C)C(=O)OCC[C@@]3(C)CCc4c(C)c(OC(C)=O)c(C)c(C)c4C3)ccc2c1. The summed E-state index contributed by atoms with van der Waals surface area (Å²) >= 11 is 0. The van der Waals surface area contributed by atoms with E-state index in [1.807, 2.05) is 44.2 Å². The highest BCUT2D eigenvalue weighted by molar-refractivity contribution is 5.86. The summed E-state index contributed by atoms with van der Waals surface area (Å²) in [6, 6.07) is 12.0. The molecule has 0 bridgehead atoms.